The summed E-state index contributed by atoms with van der Waals surface area (Å²) in [6.45, 7) is 32.7. The molecule has 0 bridgehead atoms. The Hall–Kier alpha value is -1.56. The Kier molecular flexibility index (Phi) is 5.72. The largest absolute Gasteiger partial charge is 0.0561 e. The zero-order chi connectivity index (χ0) is 21.9. The van der Waals surface area contributed by atoms with E-state index in [2.05, 4.69) is 96.9 Å². The van der Waals surface area contributed by atoms with E-state index < -0.39 is 0 Å². The number of benzene rings is 2. The molecule has 0 N–H and O–H groups in total. The fraction of sp³-hybridized carbons (Fsp3) is 0.571. The molecule has 2 rings (SSSR count). The zero-order valence-electron chi connectivity index (χ0n) is 21.0. The van der Waals surface area contributed by atoms with Crippen molar-refractivity contribution in [1.82, 2.24) is 0 Å². The van der Waals surface area contributed by atoms with Crippen LogP contribution in [0, 0.1) is 55.4 Å². The van der Waals surface area contributed by atoms with Crippen LogP contribution in [0.4, 0.5) is 0 Å². The van der Waals surface area contributed by atoms with Crippen molar-refractivity contribution in [3.63, 3.8) is 0 Å². The summed E-state index contributed by atoms with van der Waals surface area (Å²) in [6, 6.07) is 0. The van der Waals surface area contributed by atoms with E-state index in [4.69, 9.17) is 0 Å². The Morgan fingerprint density at radius 2 is 0.607 bits per heavy atom. The van der Waals surface area contributed by atoms with Crippen molar-refractivity contribution in [2.24, 2.45) is 0 Å². The van der Waals surface area contributed by atoms with E-state index in [1.165, 1.54) is 66.8 Å². The van der Waals surface area contributed by atoms with Gasteiger partial charge in [0.1, 0.15) is 0 Å². The predicted molar refractivity (Wildman–Crippen MR) is 127 cm³/mol. The second kappa shape index (κ2) is 7.05. The highest BCUT2D eigenvalue weighted by molar-refractivity contribution is 5.83. The maximum atomic E-state index is 2.36. The smallest absolute Gasteiger partial charge is 0.0106 e. The monoisotopic (exact) mass is 378 g/mol. The Bertz CT molecular complexity index is 909. The molecular formula is C28H42. The molecule has 28 heavy (non-hydrogen) atoms. The minimum absolute atomic E-state index is 0.103. The van der Waals surface area contributed by atoms with Crippen molar-refractivity contribution >= 4 is 0 Å². The van der Waals surface area contributed by atoms with E-state index in [9.17, 15) is 0 Å². The predicted octanol–water partition coefficient (Wildman–Crippen LogP) is 8.42. The summed E-state index contributed by atoms with van der Waals surface area (Å²) in [4.78, 5) is 0. The van der Waals surface area contributed by atoms with Gasteiger partial charge in [-0.3, -0.25) is 0 Å². The summed E-state index contributed by atoms with van der Waals surface area (Å²) in [5.74, 6) is 0. The number of hydrogen-bond donors (Lipinski definition) is 0. The summed E-state index contributed by atoms with van der Waals surface area (Å²) in [5.41, 5.74) is 17.8. The van der Waals surface area contributed by atoms with Gasteiger partial charge in [-0.25, -0.2) is 0 Å². The Labute approximate surface area is 174 Å². The van der Waals surface area contributed by atoms with Crippen LogP contribution >= 0.6 is 0 Å². The van der Waals surface area contributed by atoms with Gasteiger partial charge in [0.05, 0.1) is 0 Å². The second-order valence-electron chi connectivity index (χ2n) is 11.0. The summed E-state index contributed by atoms with van der Waals surface area (Å²) in [7, 11) is 0. The molecule has 154 valence electrons. The third-order valence-electron chi connectivity index (χ3n) is 7.06. The van der Waals surface area contributed by atoms with Gasteiger partial charge in [-0.1, -0.05) is 41.5 Å². The van der Waals surface area contributed by atoms with Crippen molar-refractivity contribution in [2.75, 3.05) is 0 Å². The highest BCUT2D eigenvalue weighted by atomic mass is 14.3. The molecule has 0 unspecified atom stereocenters. The highest BCUT2D eigenvalue weighted by Gasteiger charge is 2.30. The van der Waals surface area contributed by atoms with Crippen LogP contribution < -0.4 is 0 Å². The van der Waals surface area contributed by atoms with Gasteiger partial charge < -0.3 is 0 Å². The first kappa shape index (κ1) is 22.7. The Morgan fingerprint density at radius 1 is 0.321 bits per heavy atom. The molecule has 0 aliphatic heterocycles. The molecule has 0 saturated carbocycles. The van der Waals surface area contributed by atoms with Gasteiger partial charge in [0, 0.05) is 0 Å². The molecule has 2 aromatic carbocycles. The van der Waals surface area contributed by atoms with Gasteiger partial charge in [0.2, 0.25) is 0 Å². The van der Waals surface area contributed by atoms with E-state index in [1.54, 1.807) is 0 Å². The SMILES string of the molecule is Cc1c(C)c(C)c(C(C)(C)C)c(-c2c(C)c(C)c(C(C)(C)C)c(C)c2C)c1C. The van der Waals surface area contributed by atoms with E-state index in [0.29, 0.717) is 0 Å². The van der Waals surface area contributed by atoms with Crippen molar-refractivity contribution in [3.05, 3.63) is 55.6 Å². The van der Waals surface area contributed by atoms with Crippen molar-refractivity contribution in [1.29, 1.82) is 0 Å². The number of rotatable bonds is 1. The quantitative estimate of drug-likeness (QED) is 0.467. The summed E-state index contributed by atoms with van der Waals surface area (Å²) in [6.07, 6.45) is 0. The standard InChI is InChI=1S/C28H42/c1-15-16(2)20(6)26(28(12,13)14)24(17(15)3)23-18(4)21(7)25(27(9,10)11)22(8)19(23)5/h1-14H3. The van der Waals surface area contributed by atoms with Crippen LogP contribution in [0.15, 0.2) is 0 Å². The molecule has 0 amide bonds. The molecule has 0 atom stereocenters. The van der Waals surface area contributed by atoms with Crippen LogP contribution in [-0.4, -0.2) is 0 Å². The minimum Gasteiger partial charge on any atom is -0.0561 e. The lowest BCUT2D eigenvalue weighted by Gasteiger charge is -2.34. The summed E-state index contributed by atoms with van der Waals surface area (Å²) < 4.78 is 0. The van der Waals surface area contributed by atoms with Crippen LogP contribution in [0.5, 0.6) is 0 Å². The molecular weight excluding hydrogens is 336 g/mol. The first-order chi connectivity index (χ1) is 12.5. The van der Waals surface area contributed by atoms with Gasteiger partial charge in [0.25, 0.3) is 0 Å². The first-order valence-corrected chi connectivity index (χ1v) is 10.8. The maximum absolute atomic E-state index is 2.36. The molecule has 0 heterocycles. The minimum atomic E-state index is 0.103. The Morgan fingerprint density at radius 3 is 0.964 bits per heavy atom. The Balaban J connectivity index is 3.15. The number of hydrogen-bond acceptors (Lipinski definition) is 0. The van der Waals surface area contributed by atoms with Crippen LogP contribution in [0.25, 0.3) is 11.1 Å². The lowest BCUT2D eigenvalue weighted by atomic mass is 9.71. The molecule has 0 saturated heterocycles. The average Bonchev–Trinajstić information content (AvgIpc) is 2.53. The molecule has 0 heteroatoms. The van der Waals surface area contributed by atoms with Gasteiger partial charge >= 0.3 is 0 Å². The zero-order valence-corrected chi connectivity index (χ0v) is 21.0. The van der Waals surface area contributed by atoms with Crippen LogP contribution in [0.1, 0.15) is 97.2 Å². The molecule has 0 aliphatic carbocycles. The third kappa shape index (κ3) is 3.44. The van der Waals surface area contributed by atoms with Crippen molar-refractivity contribution < 1.29 is 0 Å². The molecule has 0 radical (unpaired) electrons. The fourth-order valence-electron chi connectivity index (χ4n) is 5.38. The fourth-order valence-corrected chi connectivity index (χ4v) is 5.38. The first-order valence-electron chi connectivity index (χ1n) is 10.8. The topological polar surface area (TPSA) is 0 Å². The molecule has 0 nitrogen and oxygen atoms in total. The normalized spacial score (nSPS) is 12.6. The van der Waals surface area contributed by atoms with Crippen LogP contribution in [0.3, 0.4) is 0 Å². The molecule has 0 fully saturated rings. The lowest BCUT2D eigenvalue weighted by molar-refractivity contribution is 0.579. The van der Waals surface area contributed by atoms with Gasteiger partial charge in [-0.05, 0) is 133 Å². The van der Waals surface area contributed by atoms with Gasteiger partial charge in [-0.2, -0.15) is 0 Å². The highest BCUT2D eigenvalue weighted by Crippen LogP contribution is 2.46. The van der Waals surface area contributed by atoms with Crippen molar-refractivity contribution in [3.8, 4) is 11.1 Å². The van der Waals surface area contributed by atoms with E-state index >= 15 is 0 Å². The third-order valence-corrected chi connectivity index (χ3v) is 7.06. The summed E-state index contributed by atoms with van der Waals surface area (Å²) in [5, 5.41) is 0. The van der Waals surface area contributed by atoms with Crippen LogP contribution in [0.2, 0.25) is 0 Å². The van der Waals surface area contributed by atoms with E-state index in [1.807, 2.05) is 0 Å². The van der Waals surface area contributed by atoms with Crippen molar-refractivity contribution in [2.45, 2.75) is 108 Å². The van der Waals surface area contributed by atoms with Gasteiger partial charge in [0.15, 0.2) is 0 Å². The van der Waals surface area contributed by atoms with Gasteiger partial charge in [-0.15, -0.1) is 0 Å². The van der Waals surface area contributed by atoms with E-state index in [-0.39, 0.29) is 10.8 Å². The molecule has 2 aromatic rings. The second-order valence-corrected chi connectivity index (χ2v) is 11.0. The van der Waals surface area contributed by atoms with Crippen LogP contribution in [-0.2, 0) is 10.8 Å². The lowest BCUT2D eigenvalue weighted by Crippen LogP contribution is -2.20. The maximum Gasteiger partial charge on any atom is -0.0106 e. The molecule has 0 aliphatic rings. The summed E-state index contributed by atoms with van der Waals surface area (Å²) >= 11 is 0. The molecule has 0 aromatic heterocycles. The molecule has 0 spiro atoms. The average molecular weight is 379 g/mol. The van der Waals surface area contributed by atoms with E-state index in [0.717, 1.165) is 0 Å².